The Morgan fingerprint density at radius 3 is 2.38 bits per heavy atom. The van der Waals surface area contributed by atoms with Crippen molar-refractivity contribution in [3.05, 3.63) is 60.1 Å². The lowest BCUT2D eigenvalue weighted by Crippen LogP contribution is -2.43. The Morgan fingerprint density at radius 1 is 1.14 bits per heavy atom. The monoisotopic (exact) mass is 287 g/mol. The van der Waals surface area contributed by atoms with Crippen LogP contribution in [-0.4, -0.2) is 19.1 Å². The zero-order valence-corrected chi connectivity index (χ0v) is 12.6. The second-order valence-electron chi connectivity index (χ2n) is 5.27. The quantitative estimate of drug-likeness (QED) is 0.829. The summed E-state index contributed by atoms with van der Waals surface area (Å²) < 4.78 is 10.4. The Hall–Kier alpha value is -2.07. The van der Waals surface area contributed by atoms with Crippen molar-refractivity contribution in [2.24, 2.45) is 5.92 Å². The molecule has 0 saturated heterocycles. The molecule has 2 rings (SSSR count). The molecule has 0 aliphatic carbocycles. The highest BCUT2D eigenvalue weighted by atomic mass is 16.5. The Bertz CT molecular complexity index is 549. The third-order valence-electron chi connectivity index (χ3n) is 3.43. The lowest BCUT2D eigenvalue weighted by molar-refractivity contribution is -0.144. The Kier molecular flexibility index (Phi) is 5.17. The van der Waals surface area contributed by atoms with Crippen molar-refractivity contribution in [2.75, 3.05) is 7.11 Å². The van der Waals surface area contributed by atoms with Crippen molar-refractivity contribution in [1.82, 2.24) is 5.32 Å². The Labute approximate surface area is 125 Å². The van der Waals surface area contributed by atoms with E-state index in [0.717, 1.165) is 11.3 Å². The number of nitrogens with one attached hydrogen (secondary N) is 1. The van der Waals surface area contributed by atoms with Gasteiger partial charge < -0.3 is 9.15 Å². The number of carbonyl (C=O) groups is 1. The van der Waals surface area contributed by atoms with E-state index in [4.69, 9.17) is 9.15 Å². The van der Waals surface area contributed by atoms with Crippen molar-refractivity contribution >= 4 is 5.97 Å². The largest absolute Gasteiger partial charge is 0.468 e. The number of esters is 1. The van der Waals surface area contributed by atoms with Gasteiger partial charge >= 0.3 is 5.97 Å². The van der Waals surface area contributed by atoms with Gasteiger partial charge in [0.15, 0.2) is 0 Å². The fraction of sp³-hybridized carbons (Fsp3) is 0.353. The topological polar surface area (TPSA) is 51.5 Å². The van der Waals surface area contributed by atoms with Crippen molar-refractivity contribution in [3.8, 4) is 0 Å². The highest BCUT2D eigenvalue weighted by Gasteiger charge is 2.28. The second-order valence-corrected chi connectivity index (χ2v) is 5.27. The van der Waals surface area contributed by atoms with Gasteiger partial charge in [-0.25, -0.2) is 0 Å². The van der Waals surface area contributed by atoms with E-state index in [1.54, 1.807) is 6.26 Å². The fourth-order valence-electron chi connectivity index (χ4n) is 2.28. The zero-order chi connectivity index (χ0) is 15.2. The third-order valence-corrected chi connectivity index (χ3v) is 3.43. The van der Waals surface area contributed by atoms with E-state index in [1.165, 1.54) is 7.11 Å². The summed E-state index contributed by atoms with van der Waals surface area (Å²) in [6, 6.07) is 13.1. The number of carbonyl (C=O) groups excluding carboxylic acids is 1. The van der Waals surface area contributed by atoms with E-state index in [9.17, 15) is 4.79 Å². The van der Waals surface area contributed by atoms with Crippen LogP contribution in [0.5, 0.6) is 0 Å². The van der Waals surface area contributed by atoms with Gasteiger partial charge in [-0.3, -0.25) is 10.1 Å². The molecule has 0 saturated carbocycles. The third kappa shape index (κ3) is 3.73. The molecule has 1 unspecified atom stereocenters. The van der Waals surface area contributed by atoms with Gasteiger partial charge in [-0.05, 0) is 23.6 Å². The summed E-state index contributed by atoms with van der Waals surface area (Å²) in [4.78, 5) is 12.0. The number of benzene rings is 1. The molecule has 0 fully saturated rings. The molecule has 2 aromatic rings. The summed E-state index contributed by atoms with van der Waals surface area (Å²) >= 11 is 0. The Balaban J connectivity index is 2.30. The van der Waals surface area contributed by atoms with Crippen LogP contribution < -0.4 is 5.32 Å². The smallest absolute Gasteiger partial charge is 0.323 e. The number of hydrogen-bond acceptors (Lipinski definition) is 4. The van der Waals surface area contributed by atoms with Crippen LogP contribution in [0.4, 0.5) is 0 Å². The summed E-state index contributed by atoms with van der Waals surface area (Å²) in [6.07, 6.45) is 1.63. The summed E-state index contributed by atoms with van der Waals surface area (Å²) in [7, 11) is 1.41. The molecule has 0 amide bonds. The van der Waals surface area contributed by atoms with E-state index >= 15 is 0 Å². The summed E-state index contributed by atoms with van der Waals surface area (Å²) in [5.74, 6) is 0.617. The molecule has 1 N–H and O–H groups in total. The van der Waals surface area contributed by atoms with Crippen LogP contribution in [0, 0.1) is 5.92 Å². The van der Waals surface area contributed by atoms with Gasteiger partial charge in [0.2, 0.25) is 0 Å². The number of ether oxygens (including phenoxy) is 1. The molecule has 112 valence electrons. The van der Waals surface area contributed by atoms with Crippen LogP contribution >= 0.6 is 0 Å². The van der Waals surface area contributed by atoms with E-state index in [2.05, 4.69) is 5.32 Å². The van der Waals surface area contributed by atoms with E-state index in [1.807, 2.05) is 56.3 Å². The van der Waals surface area contributed by atoms with E-state index in [-0.39, 0.29) is 17.9 Å². The molecule has 4 heteroatoms. The van der Waals surface area contributed by atoms with Gasteiger partial charge in [0.1, 0.15) is 11.8 Å². The minimum atomic E-state index is -0.398. The van der Waals surface area contributed by atoms with Crippen molar-refractivity contribution < 1.29 is 13.9 Å². The molecule has 0 aliphatic heterocycles. The normalized spacial score (nSPS) is 13.9. The molecule has 0 aliphatic rings. The molecule has 1 aromatic heterocycles. The molecule has 21 heavy (non-hydrogen) atoms. The average molecular weight is 287 g/mol. The fourth-order valence-corrected chi connectivity index (χ4v) is 2.28. The summed E-state index contributed by atoms with van der Waals surface area (Å²) in [6.45, 7) is 3.97. The minimum absolute atomic E-state index is 0.110. The molecular formula is C17H21NO3. The molecular weight excluding hydrogens is 266 g/mol. The maximum absolute atomic E-state index is 12.0. The highest BCUT2D eigenvalue weighted by Crippen LogP contribution is 2.24. The number of furan rings is 1. The standard InChI is InChI=1S/C17H21NO3/c1-12(2)15(17(19)20-3)18-16(14-10-7-11-21-14)13-8-5-4-6-9-13/h4-12,15-16,18H,1-3H3/t15-,16?/m0/s1. The van der Waals surface area contributed by atoms with Crippen molar-refractivity contribution in [3.63, 3.8) is 0 Å². The SMILES string of the molecule is COC(=O)[C@@H](NC(c1ccccc1)c1ccco1)C(C)C. The van der Waals surface area contributed by atoms with Crippen LogP contribution in [0.15, 0.2) is 53.1 Å². The molecule has 0 bridgehead atoms. The lowest BCUT2D eigenvalue weighted by atomic mass is 9.99. The first-order valence-electron chi connectivity index (χ1n) is 7.05. The Morgan fingerprint density at radius 2 is 1.86 bits per heavy atom. The van der Waals surface area contributed by atoms with Crippen molar-refractivity contribution in [1.29, 1.82) is 0 Å². The number of methoxy groups -OCH3 is 1. The minimum Gasteiger partial charge on any atom is -0.468 e. The number of rotatable bonds is 6. The molecule has 1 aromatic carbocycles. The molecule has 0 radical (unpaired) electrons. The number of hydrogen-bond donors (Lipinski definition) is 1. The van der Waals surface area contributed by atoms with Crippen LogP contribution in [0.1, 0.15) is 31.2 Å². The van der Waals surface area contributed by atoms with Gasteiger partial charge in [0.05, 0.1) is 19.4 Å². The second kappa shape index (κ2) is 7.09. The van der Waals surface area contributed by atoms with E-state index in [0.29, 0.717) is 0 Å². The van der Waals surface area contributed by atoms with Crippen molar-refractivity contribution in [2.45, 2.75) is 25.9 Å². The lowest BCUT2D eigenvalue weighted by Gasteiger charge is -2.25. The molecule has 0 spiro atoms. The summed E-state index contributed by atoms with van der Waals surface area (Å²) in [5.41, 5.74) is 1.04. The molecule has 2 atom stereocenters. The predicted octanol–water partition coefficient (Wildman–Crippen LogP) is 3.16. The maximum atomic E-state index is 12.0. The average Bonchev–Trinajstić information content (AvgIpc) is 3.02. The van der Waals surface area contributed by atoms with Gasteiger partial charge in [-0.2, -0.15) is 0 Å². The van der Waals surface area contributed by atoms with E-state index < -0.39 is 6.04 Å². The van der Waals surface area contributed by atoms with Gasteiger partial charge in [-0.15, -0.1) is 0 Å². The van der Waals surface area contributed by atoms with Gasteiger partial charge in [0, 0.05) is 0 Å². The van der Waals surface area contributed by atoms with Crippen LogP contribution in [0.2, 0.25) is 0 Å². The van der Waals surface area contributed by atoms with Gasteiger partial charge in [0.25, 0.3) is 0 Å². The van der Waals surface area contributed by atoms with Crippen LogP contribution in [0.25, 0.3) is 0 Å². The highest BCUT2D eigenvalue weighted by molar-refractivity contribution is 5.76. The predicted molar refractivity (Wildman–Crippen MR) is 80.8 cm³/mol. The summed E-state index contributed by atoms with van der Waals surface area (Å²) in [5, 5.41) is 3.35. The first-order chi connectivity index (χ1) is 10.1. The first kappa shape index (κ1) is 15.3. The molecule has 1 heterocycles. The van der Waals surface area contributed by atoms with Gasteiger partial charge in [-0.1, -0.05) is 44.2 Å². The first-order valence-corrected chi connectivity index (χ1v) is 7.05. The van der Waals surface area contributed by atoms with Crippen LogP contribution in [-0.2, 0) is 9.53 Å². The maximum Gasteiger partial charge on any atom is 0.323 e. The van der Waals surface area contributed by atoms with Crippen LogP contribution in [0.3, 0.4) is 0 Å². The molecule has 4 nitrogen and oxygen atoms in total. The zero-order valence-electron chi connectivity index (χ0n) is 12.6.